The molecule has 1 heterocycles. The van der Waals surface area contributed by atoms with Crippen LogP contribution in [0.25, 0.3) is 0 Å². The van der Waals surface area contributed by atoms with Gasteiger partial charge in [0, 0.05) is 18.5 Å². The monoisotopic (exact) mass is 411 g/mol. The molecule has 3 heteroatoms. The first-order valence-electron chi connectivity index (χ1n) is 13.0. The van der Waals surface area contributed by atoms with Crippen molar-refractivity contribution in [2.75, 3.05) is 6.54 Å². The highest BCUT2D eigenvalue weighted by molar-refractivity contribution is 5.75. The number of allylic oxidation sites excluding steroid dienone is 1. The van der Waals surface area contributed by atoms with Gasteiger partial charge in [0.05, 0.1) is 5.92 Å². The molecule has 30 heavy (non-hydrogen) atoms. The first-order valence-corrected chi connectivity index (χ1v) is 13.0. The van der Waals surface area contributed by atoms with Crippen LogP contribution in [0, 0.1) is 52.8 Å². The molecule has 6 fully saturated rings. The molecule has 166 valence electrons. The van der Waals surface area contributed by atoms with Crippen LogP contribution >= 0.6 is 0 Å². The molecule has 5 saturated carbocycles. The van der Waals surface area contributed by atoms with E-state index >= 15 is 0 Å². The van der Waals surface area contributed by atoms with Crippen molar-refractivity contribution in [1.29, 1.82) is 0 Å². The smallest absolute Gasteiger partial charge is 0.310 e. The fraction of sp³-hybridized carbons (Fsp3) is 0.889. The van der Waals surface area contributed by atoms with Gasteiger partial charge >= 0.3 is 5.97 Å². The fourth-order valence-corrected chi connectivity index (χ4v) is 9.66. The summed E-state index contributed by atoms with van der Waals surface area (Å²) in [6, 6.07) is 0.534. The maximum atomic E-state index is 12.9. The molecule has 11 atom stereocenters. The largest absolute Gasteiger partial charge is 0.462 e. The van der Waals surface area contributed by atoms with Gasteiger partial charge in [0.1, 0.15) is 6.10 Å². The number of nitrogens with one attached hydrogen (secondary N) is 1. The van der Waals surface area contributed by atoms with Gasteiger partial charge in [0.25, 0.3) is 0 Å². The number of carbonyl (C=O) groups is 1. The molecule has 5 aliphatic carbocycles. The van der Waals surface area contributed by atoms with Gasteiger partial charge < -0.3 is 10.1 Å². The van der Waals surface area contributed by atoms with E-state index in [1.807, 2.05) is 0 Å². The summed E-state index contributed by atoms with van der Waals surface area (Å²) >= 11 is 0. The van der Waals surface area contributed by atoms with Crippen LogP contribution in [0.2, 0.25) is 0 Å². The summed E-state index contributed by atoms with van der Waals surface area (Å²) in [7, 11) is 0. The lowest BCUT2D eigenvalue weighted by molar-refractivity contribution is -0.146. The van der Waals surface area contributed by atoms with E-state index in [4.69, 9.17) is 4.74 Å². The molecule has 1 saturated heterocycles. The van der Waals surface area contributed by atoms with Gasteiger partial charge in [-0.1, -0.05) is 19.1 Å². The number of hydrogen-bond donors (Lipinski definition) is 1. The number of esters is 1. The molecule has 3 nitrogen and oxygen atoms in total. The molecule has 0 amide bonds. The Labute approximate surface area is 182 Å². The predicted octanol–water partition coefficient (Wildman–Crippen LogP) is 5.35. The third kappa shape index (κ3) is 2.97. The molecule has 6 aliphatic rings. The summed E-state index contributed by atoms with van der Waals surface area (Å²) in [4.78, 5) is 12.9. The van der Waals surface area contributed by atoms with Crippen molar-refractivity contribution in [2.45, 2.75) is 90.2 Å². The van der Waals surface area contributed by atoms with E-state index in [0.717, 1.165) is 49.0 Å². The standard InChI is InChI=1S/C27H41NO2/c1-15-5-4-8-27(3)13-24-21(12-23(15)27)22(26(29)30-24)14-28-16(2)25-19-7-6-18-9-17(10-19)11-20(18)25/h16-25,28H,1,4-14H2,2-3H3/t16-,17+,18-,19+,20-,21-,22-,23-,24-,25-,27-/m1/s1. The zero-order valence-corrected chi connectivity index (χ0v) is 19.1. The van der Waals surface area contributed by atoms with E-state index in [1.165, 1.54) is 56.9 Å². The first kappa shape index (κ1) is 19.8. The van der Waals surface area contributed by atoms with Crippen molar-refractivity contribution < 1.29 is 9.53 Å². The fourth-order valence-electron chi connectivity index (χ4n) is 9.66. The number of hydrogen-bond acceptors (Lipinski definition) is 3. The van der Waals surface area contributed by atoms with E-state index in [9.17, 15) is 4.79 Å². The molecule has 1 N–H and O–H groups in total. The molecule has 0 aromatic rings. The molecule has 0 unspecified atom stereocenters. The van der Waals surface area contributed by atoms with E-state index < -0.39 is 0 Å². The molecular formula is C27H41NO2. The average Bonchev–Trinajstić information content (AvgIpc) is 3.10. The van der Waals surface area contributed by atoms with Gasteiger partial charge in [-0.05, 0) is 112 Å². The molecule has 0 aromatic heterocycles. The summed E-state index contributed by atoms with van der Waals surface area (Å²) in [6.07, 6.45) is 13.4. The van der Waals surface area contributed by atoms with Gasteiger partial charge in [0.2, 0.25) is 0 Å². The molecule has 0 aromatic carbocycles. The quantitative estimate of drug-likeness (QED) is 0.500. The van der Waals surface area contributed by atoms with Crippen molar-refractivity contribution in [3.63, 3.8) is 0 Å². The van der Waals surface area contributed by atoms with Crippen LogP contribution < -0.4 is 5.32 Å². The van der Waals surface area contributed by atoms with Crippen LogP contribution in [-0.4, -0.2) is 24.7 Å². The lowest BCUT2D eigenvalue weighted by Crippen LogP contribution is -2.49. The van der Waals surface area contributed by atoms with Crippen LogP contribution in [0.4, 0.5) is 0 Å². The normalized spacial score (nSPS) is 52.7. The minimum absolute atomic E-state index is 0.0498. The van der Waals surface area contributed by atoms with Crippen LogP contribution in [0.3, 0.4) is 0 Å². The van der Waals surface area contributed by atoms with E-state index in [2.05, 4.69) is 25.7 Å². The highest BCUT2D eigenvalue weighted by Crippen LogP contribution is 2.59. The van der Waals surface area contributed by atoms with Gasteiger partial charge in [-0.25, -0.2) is 0 Å². The zero-order chi connectivity index (χ0) is 20.6. The number of ether oxygens (including phenoxy) is 1. The summed E-state index contributed by atoms with van der Waals surface area (Å²) in [5.74, 6) is 5.85. The van der Waals surface area contributed by atoms with Gasteiger partial charge in [-0.3, -0.25) is 4.79 Å². The van der Waals surface area contributed by atoms with E-state index in [1.54, 1.807) is 0 Å². The summed E-state index contributed by atoms with van der Waals surface area (Å²) in [5.41, 5.74) is 1.74. The second-order valence-corrected chi connectivity index (χ2v) is 12.5. The minimum atomic E-state index is 0.0498. The number of carbonyl (C=O) groups excluding carboxylic acids is 1. The third-order valence-corrected chi connectivity index (χ3v) is 11.0. The Bertz CT molecular complexity index is 732. The Morgan fingerprint density at radius 1 is 1.17 bits per heavy atom. The summed E-state index contributed by atoms with van der Waals surface area (Å²) in [5, 5.41) is 3.89. The Kier molecular flexibility index (Phi) is 4.68. The Hall–Kier alpha value is -0.830. The van der Waals surface area contributed by atoms with Crippen molar-refractivity contribution in [1.82, 2.24) is 5.32 Å². The molecule has 3 bridgehead atoms. The maximum Gasteiger partial charge on any atom is 0.310 e. The van der Waals surface area contributed by atoms with Crippen molar-refractivity contribution in [3.8, 4) is 0 Å². The molecule has 1 aliphatic heterocycles. The van der Waals surface area contributed by atoms with Gasteiger partial charge in [-0.15, -0.1) is 0 Å². The lowest BCUT2D eigenvalue weighted by Gasteiger charge is -2.50. The second kappa shape index (κ2) is 7.09. The van der Waals surface area contributed by atoms with Crippen molar-refractivity contribution in [2.24, 2.45) is 52.8 Å². The highest BCUT2D eigenvalue weighted by atomic mass is 16.6. The topological polar surface area (TPSA) is 38.3 Å². The Morgan fingerprint density at radius 2 is 1.97 bits per heavy atom. The average molecular weight is 412 g/mol. The highest BCUT2D eigenvalue weighted by Gasteiger charge is 2.56. The van der Waals surface area contributed by atoms with Crippen LogP contribution in [0.15, 0.2) is 12.2 Å². The predicted molar refractivity (Wildman–Crippen MR) is 119 cm³/mol. The Morgan fingerprint density at radius 3 is 2.83 bits per heavy atom. The van der Waals surface area contributed by atoms with Crippen molar-refractivity contribution in [3.05, 3.63) is 12.2 Å². The van der Waals surface area contributed by atoms with Crippen molar-refractivity contribution >= 4 is 5.97 Å². The molecule has 0 spiro atoms. The lowest BCUT2D eigenvalue weighted by atomic mass is 9.55. The third-order valence-electron chi connectivity index (χ3n) is 11.0. The van der Waals surface area contributed by atoms with E-state index in [0.29, 0.717) is 23.3 Å². The van der Waals surface area contributed by atoms with Crippen LogP contribution in [0.5, 0.6) is 0 Å². The van der Waals surface area contributed by atoms with Gasteiger partial charge in [-0.2, -0.15) is 0 Å². The summed E-state index contributed by atoms with van der Waals surface area (Å²) < 4.78 is 5.99. The zero-order valence-electron chi connectivity index (χ0n) is 19.1. The van der Waals surface area contributed by atoms with Gasteiger partial charge in [0.15, 0.2) is 0 Å². The van der Waals surface area contributed by atoms with Crippen LogP contribution in [0.1, 0.15) is 78.1 Å². The number of rotatable bonds is 4. The Balaban J connectivity index is 1.13. The van der Waals surface area contributed by atoms with E-state index in [-0.39, 0.29) is 18.0 Å². The first-order chi connectivity index (χ1) is 14.4. The SMILES string of the molecule is C=C1CCC[C@]2(C)C[C@H]3OC(=O)[C@H](CN[C@H](C)[C@@H]4[C@H]5CC[C@@H]6C[C@@H](C5)C[C@H]64)[C@H]3C[C@H]12. The van der Waals surface area contributed by atoms with Crippen LogP contribution in [-0.2, 0) is 9.53 Å². The summed E-state index contributed by atoms with van der Waals surface area (Å²) in [6.45, 7) is 10.1. The molecule has 0 radical (unpaired) electrons. The minimum Gasteiger partial charge on any atom is -0.462 e. The maximum absolute atomic E-state index is 12.9. The molecule has 6 rings (SSSR count). The molecular weight excluding hydrogens is 370 g/mol. The second-order valence-electron chi connectivity index (χ2n) is 12.5. The number of fused-ring (bicyclic) bond motifs is 4.